The molecule has 0 radical (unpaired) electrons. The van der Waals surface area contributed by atoms with Crippen molar-refractivity contribution in [2.45, 2.75) is 24.3 Å². The van der Waals surface area contributed by atoms with Gasteiger partial charge < -0.3 is 15.4 Å². The SMILES string of the molecule is CNC1(CNC(=O)OCC2c3ccccc3-c3ccccc32)CC1.Cl. The molecule has 0 heterocycles. The minimum absolute atomic E-state index is 0. The Labute approximate surface area is 154 Å². The molecule has 2 N–H and O–H groups in total. The predicted octanol–water partition coefficient (Wildman–Crippen LogP) is 3.70. The molecule has 4 nitrogen and oxygen atoms in total. The maximum Gasteiger partial charge on any atom is 0.407 e. The second-order valence-corrected chi connectivity index (χ2v) is 6.71. The van der Waals surface area contributed by atoms with E-state index in [0.29, 0.717) is 13.2 Å². The van der Waals surface area contributed by atoms with E-state index >= 15 is 0 Å². The smallest absolute Gasteiger partial charge is 0.407 e. The molecule has 132 valence electrons. The summed E-state index contributed by atoms with van der Waals surface area (Å²) in [5.74, 6) is 0.113. The summed E-state index contributed by atoms with van der Waals surface area (Å²) in [5.41, 5.74) is 5.05. The fourth-order valence-electron chi connectivity index (χ4n) is 3.56. The van der Waals surface area contributed by atoms with Crippen molar-refractivity contribution < 1.29 is 9.53 Å². The van der Waals surface area contributed by atoms with Gasteiger partial charge in [-0.15, -0.1) is 12.4 Å². The van der Waals surface area contributed by atoms with Crippen LogP contribution in [-0.2, 0) is 4.74 Å². The van der Waals surface area contributed by atoms with Crippen molar-refractivity contribution in [2.24, 2.45) is 0 Å². The van der Waals surface area contributed by atoms with E-state index < -0.39 is 0 Å². The van der Waals surface area contributed by atoms with Gasteiger partial charge in [0.15, 0.2) is 0 Å². The first-order chi connectivity index (χ1) is 11.7. The fourth-order valence-corrected chi connectivity index (χ4v) is 3.56. The van der Waals surface area contributed by atoms with Crippen molar-refractivity contribution in [2.75, 3.05) is 20.2 Å². The molecule has 2 aliphatic rings. The summed E-state index contributed by atoms with van der Waals surface area (Å²) in [6.07, 6.45) is 1.87. The minimum atomic E-state index is -0.335. The van der Waals surface area contributed by atoms with Crippen LogP contribution >= 0.6 is 12.4 Å². The molecule has 0 aromatic heterocycles. The third kappa shape index (κ3) is 3.37. The van der Waals surface area contributed by atoms with Crippen molar-refractivity contribution in [3.05, 3.63) is 59.7 Å². The summed E-state index contributed by atoms with van der Waals surface area (Å²) >= 11 is 0. The van der Waals surface area contributed by atoms with Crippen LogP contribution in [0.4, 0.5) is 4.79 Å². The standard InChI is InChI=1S/C20H22N2O2.ClH/c1-21-20(10-11-20)13-22-19(23)24-12-18-16-8-4-2-6-14(16)15-7-3-5-9-17(15)18;/h2-9,18,21H,10-13H2,1H3,(H,22,23);1H. The molecule has 0 bridgehead atoms. The number of fused-ring (bicyclic) bond motifs is 3. The highest BCUT2D eigenvalue weighted by atomic mass is 35.5. The van der Waals surface area contributed by atoms with Crippen molar-refractivity contribution in [1.29, 1.82) is 0 Å². The minimum Gasteiger partial charge on any atom is -0.449 e. The van der Waals surface area contributed by atoms with E-state index in [0.717, 1.165) is 12.8 Å². The van der Waals surface area contributed by atoms with Gasteiger partial charge in [0.25, 0.3) is 0 Å². The van der Waals surface area contributed by atoms with Crippen LogP contribution in [0.15, 0.2) is 48.5 Å². The molecule has 0 aliphatic heterocycles. The average Bonchev–Trinajstić information content (AvgIpc) is 3.35. The number of carbonyl (C=O) groups is 1. The molecule has 0 unspecified atom stereocenters. The Morgan fingerprint density at radius 1 is 1.08 bits per heavy atom. The normalized spacial score (nSPS) is 16.4. The third-order valence-electron chi connectivity index (χ3n) is 5.30. The monoisotopic (exact) mass is 358 g/mol. The van der Waals surface area contributed by atoms with Crippen LogP contribution in [0.2, 0.25) is 0 Å². The van der Waals surface area contributed by atoms with Gasteiger partial charge in [0.1, 0.15) is 6.61 Å². The van der Waals surface area contributed by atoms with E-state index in [-0.39, 0.29) is 30.0 Å². The lowest BCUT2D eigenvalue weighted by Gasteiger charge is -2.17. The number of amides is 1. The molecule has 1 fully saturated rings. The first-order valence-corrected chi connectivity index (χ1v) is 8.50. The number of likely N-dealkylation sites (N-methyl/N-ethyl adjacent to an activating group) is 1. The number of alkyl carbamates (subject to hydrolysis) is 1. The van der Waals surface area contributed by atoms with Gasteiger partial charge in [0.2, 0.25) is 0 Å². The lowest BCUT2D eigenvalue weighted by atomic mass is 9.98. The maximum atomic E-state index is 12.1. The predicted molar refractivity (Wildman–Crippen MR) is 101 cm³/mol. The summed E-state index contributed by atoms with van der Waals surface area (Å²) in [7, 11) is 1.94. The number of hydrogen-bond donors (Lipinski definition) is 2. The van der Waals surface area contributed by atoms with Crippen molar-refractivity contribution in [3.63, 3.8) is 0 Å². The van der Waals surface area contributed by atoms with Crippen molar-refractivity contribution in [1.82, 2.24) is 10.6 Å². The maximum absolute atomic E-state index is 12.1. The molecule has 4 rings (SSSR count). The third-order valence-corrected chi connectivity index (χ3v) is 5.30. The molecular formula is C20H23ClN2O2. The Bertz CT molecular complexity index is 728. The van der Waals surface area contributed by atoms with Crippen LogP contribution < -0.4 is 10.6 Å². The fraction of sp³-hybridized carbons (Fsp3) is 0.350. The molecule has 5 heteroatoms. The number of carbonyl (C=O) groups excluding carboxylic acids is 1. The van der Waals surface area contributed by atoms with E-state index in [1.165, 1.54) is 22.3 Å². The number of halogens is 1. The Morgan fingerprint density at radius 3 is 2.16 bits per heavy atom. The molecule has 1 saturated carbocycles. The summed E-state index contributed by atoms with van der Waals surface area (Å²) in [6, 6.07) is 16.7. The van der Waals surface area contributed by atoms with Gasteiger partial charge in [-0.05, 0) is 42.1 Å². The van der Waals surface area contributed by atoms with Crippen molar-refractivity contribution in [3.8, 4) is 11.1 Å². The zero-order valence-electron chi connectivity index (χ0n) is 14.2. The van der Waals surface area contributed by atoms with Crippen LogP contribution in [0, 0.1) is 0 Å². The van der Waals surface area contributed by atoms with Gasteiger partial charge >= 0.3 is 6.09 Å². The lowest BCUT2D eigenvalue weighted by Crippen LogP contribution is -2.41. The highest BCUT2D eigenvalue weighted by Crippen LogP contribution is 2.44. The molecule has 0 saturated heterocycles. The van der Waals surface area contributed by atoms with Crippen LogP contribution in [-0.4, -0.2) is 31.8 Å². The second-order valence-electron chi connectivity index (χ2n) is 6.71. The first kappa shape index (κ1) is 17.8. The molecule has 25 heavy (non-hydrogen) atoms. The van der Waals surface area contributed by atoms with Gasteiger partial charge in [-0.25, -0.2) is 4.79 Å². The number of nitrogens with one attached hydrogen (secondary N) is 2. The van der Waals surface area contributed by atoms with E-state index in [1.54, 1.807) is 0 Å². The molecule has 2 aromatic carbocycles. The Hall–Kier alpha value is -2.04. The summed E-state index contributed by atoms with van der Waals surface area (Å²) in [4.78, 5) is 12.1. The van der Waals surface area contributed by atoms with Gasteiger partial charge in [0, 0.05) is 18.0 Å². The van der Waals surface area contributed by atoms with Gasteiger partial charge in [-0.3, -0.25) is 0 Å². The second kappa shape index (κ2) is 7.06. The van der Waals surface area contributed by atoms with Gasteiger partial charge in [0.05, 0.1) is 0 Å². The van der Waals surface area contributed by atoms with Gasteiger partial charge in [-0.2, -0.15) is 0 Å². The molecule has 2 aromatic rings. The van der Waals surface area contributed by atoms with E-state index in [1.807, 2.05) is 19.2 Å². The molecular weight excluding hydrogens is 336 g/mol. The first-order valence-electron chi connectivity index (χ1n) is 8.50. The molecule has 2 aliphatic carbocycles. The van der Waals surface area contributed by atoms with Crippen LogP contribution in [0.3, 0.4) is 0 Å². The molecule has 0 spiro atoms. The van der Waals surface area contributed by atoms with Gasteiger partial charge in [-0.1, -0.05) is 48.5 Å². The number of hydrogen-bond acceptors (Lipinski definition) is 3. The van der Waals surface area contributed by atoms with Crippen LogP contribution in [0.5, 0.6) is 0 Å². The zero-order chi connectivity index (χ0) is 16.6. The molecule has 0 atom stereocenters. The van der Waals surface area contributed by atoms with E-state index in [9.17, 15) is 4.79 Å². The Balaban J connectivity index is 0.00000182. The average molecular weight is 359 g/mol. The summed E-state index contributed by atoms with van der Waals surface area (Å²) in [5, 5.41) is 6.15. The Morgan fingerprint density at radius 2 is 1.64 bits per heavy atom. The van der Waals surface area contributed by atoms with Crippen LogP contribution in [0.25, 0.3) is 11.1 Å². The lowest BCUT2D eigenvalue weighted by molar-refractivity contribution is 0.141. The number of benzene rings is 2. The number of rotatable bonds is 5. The highest BCUT2D eigenvalue weighted by molar-refractivity contribution is 5.85. The topological polar surface area (TPSA) is 50.4 Å². The van der Waals surface area contributed by atoms with E-state index in [4.69, 9.17) is 4.74 Å². The largest absolute Gasteiger partial charge is 0.449 e. The highest BCUT2D eigenvalue weighted by Gasteiger charge is 2.41. The zero-order valence-corrected chi connectivity index (χ0v) is 15.1. The molecule has 1 amide bonds. The summed E-state index contributed by atoms with van der Waals surface area (Å²) < 4.78 is 5.53. The quantitative estimate of drug-likeness (QED) is 0.856. The summed E-state index contributed by atoms with van der Waals surface area (Å²) in [6.45, 7) is 0.993. The van der Waals surface area contributed by atoms with E-state index in [2.05, 4.69) is 47.0 Å². The Kier molecular flexibility index (Phi) is 5.02. The number of ether oxygens (including phenoxy) is 1. The van der Waals surface area contributed by atoms with Crippen LogP contribution in [0.1, 0.15) is 29.9 Å². The van der Waals surface area contributed by atoms with Crippen molar-refractivity contribution >= 4 is 18.5 Å².